The average molecular weight is 673 g/mol. The third kappa shape index (κ3) is 15.5. The number of benzene rings is 4. The van der Waals surface area contributed by atoms with Gasteiger partial charge in [0.1, 0.15) is 23.0 Å². The largest absolute Gasteiger partial charge is 0.508 e. The van der Waals surface area contributed by atoms with Gasteiger partial charge in [0.05, 0.1) is 0 Å². The van der Waals surface area contributed by atoms with E-state index in [1.165, 1.54) is 0 Å². The van der Waals surface area contributed by atoms with E-state index >= 15 is 0 Å². The first-order valence-corrected chi connectivity index (χ1v) is 11.8. The van der Waals surface area contributed by atoms with Crippen LogP contribution in [-0.4, -0.2) is 20.4 Å². The van der Waals surface area contributed by atoms with Crippen LogP contribution in [0.2, 0.25) is 0 Å². The number of rotatable bonds is 0. The number of hydrogen-bond donors (Lipinski definition) is 4. The van der Waals surface area contributed by atoms with E-state index in [9.17, 15) is 0 Å². The second kappa shape index (κ2) is 16.5. The SMILES string of the molecule is Cc1cc(C)cc(O)c1.Cc1cc(C)cc(O)c1.Cc1cc(C)cc(O)c1.Cc1cc(C)cc(O)c1.[W]. The molecule has 4 aromatic rings. The van der Waals surface area contributed by atoms with Crippen molar-refractivity contribution in [2.24, 2.45) is 0 Å². The summed E-state index contributed by atoms with van der Waals surface area (Å²) in [6, 6.07) is 22.1. The summed E-state index contributed by atoms with van der Waals surface area (Å²) in [7, 11) is 0. The van der Waals surface area contributed by atoms with Crippen molar-refractivity contribution in [3.63, 3.8) is 0 Å². The number of phenolic OH excluding ortho intramolecular Hbond substituents is 4. The molecule has 0 atom stereocenters. The Morgan fingerprint density at radius 1 is 0.270 bits per heavy atom. The number of hydrogen-bond acceptors (Lipinski definition) is 4. The van der Waals surface area contributed by atoms with Gasteiger partial charge in [0.15, 0.2) is 0 Å². The minimum atomic E-state index is 0. The second-order valence-electron chi connectivity index (χ2n) is 9.38. The molecule has 0 saturated heterocycles. The van der Waals surface area contributed by atoms with Gasteiger partial charge < -0.3 is 20.4 Å². The fourth-order valence-electron chi connectivity index (χ4n) is 3.80. The molecule has 5 heteroatoms. The Hall–Kier alpha value is -3.23. The van der Waals surface area contributed by atoms with Crippen molar-refractivity contribution in [2.75, 3.05) is 0 Å². The van der Waals surface area contributed by atoms with Gasteiger partial charge in [0, 0.05) is 21.1 Å². The van der Waals surface area contributed by atoms with Crippen molar-refractivity contribution in [3.8, 4) is 23.0 Å². The molecular formula is C32H40O4W. The molecule has 37 heavy (non-hydrogen) atoms. The molecule has 0 bridgehead atoms. The van der Waals surface area contributed by atoms with E-state index in [1.54, 1.807) is 48.5 Å². The zero-order valence-electron chi connectivity index (χ0n) is 23.1. The van der Waals surface area contributed by atoms with Crippen LogP contribution in [0, 0.1) is 55.4 Å². The van der Waals surface area contributed by atoms with Gasteiger partial charge in [-0.15, -0.1) is 0 Å². The summed E-state index contributed by atoms with van der Waals surface area (Å²) in [6.45, 7) is 15.7. The maximum atomic E-state index is 8.99. The van der Waals surface area contributed by atoms with Gasteiger partial charge in [0.2, 0.25) is 0 Å². The molecule has 0 fully saturated rings. The molecule has 4 rings (SSSR count). The summed E-state index contributed by atoms with van der Waals surface area (Å²) < 4.78 is 0. The molecule has 0 saturated carbocycles. The van der Waals surface area contributed by atoms with Crippen molar-refractivity contribution >= 4 is 0 Å². The summed E-state index contributed by atoms with van der Waals surface area (Å²) in [5.41, 5.74) is 8.83. The molecule has 0 aliphatic heterocycles. The van der Waals surface area contributed by atoms with Crippen LogP contribution in [-0.2, 0) is 21.1 Å². The summed E-state index contributed by atoms with van der Waals surface area (Å²) in [6.07, 6.45) is 0. The molecule has 0 spiro atoms. The Kier molecular flexibility index (Phi) is 15.1. The smallest absolute Gasteiger partial charge is 0.116 e. The standard InChI is InChI=1S/4C8H10O.W/c4*1-6-3-7(2)5-8(9)4-6;/h4*3-5,9H,1-2H3;. The van der Waals surface area contributed by atoms with Crippen molar-refractivity contribution < 1.29 is 41.5 Å². The molecule has 0 unspecified atom stereocenters. The maximum Gasteiger partial charge on any atom is 0.116 e. The fourth-order valence-corrected chi connectivity index (χ4v) is 3.80. The van der Waals surface area contributed by atoms with Crippen LogP contribution in [0.3, 0.4) is 0 Å². The first-order chi connectivity index (χ1) is 16.7. The van der Waals surface area contributed by atoms with Crippen LogP contribution < -0.4 is 0 Å². The van der Waals surface area contributed by atoms with Crippen LogP contribution in [0.25, 0.3) is 0 Å². The van der Waals surface area contributed by atoms with E-state index in [1.807, 2.05) is 79.7 Å². The molecule has 0 aliphatic rings. The Balaban J connectivity index is 0.000000463. The van der Waals surface area contributed by atoms with Gasteiger partial charge in [-0.2, -0.15) is 0 Å². The van der Waals surface area contributed by atoms with Crippen LogP contribution in [0.1, 0.15) is 44.5 Å². The summed E-state index contributed by atoms with van der Waals surface area (Å²) in [5.74, 6) is 1.42. The molecule has 0 aromatic heterocycles. The van der Waals surface area contributed by atoms with E-state index in [4.69, 9.17) is 20.4 Å². The van der Waals surface area contributed by atoms with Gasteiger partial charge in [-0.1, -0.05) is 24.3 Å². The Labute approximate surface area is 236 Å². The molecule has 0 heterocycles. The van der Waals surface area contributed by atoms with Gasteiger partial charge in [-0.05, 0) is 148 Å². The zero-order chi connectivity index (χ0) is 27.4. The summed E-state index contributed by atoms with van der Waals surface area (Å²) in [4.78, 5) is 0. The molecule has 0 amide bonds. The minimum Gasteiger partial charge on any atom is -0.508 e. The summed E-state index contributed by atoms with van der Waals surface area (Å²) in [5, 5.41) is 36.0. The third-order valence-corrected chi connectivity index (χ3v) is 4.83. The van der Waals surface area contributed by atoms with Crippen LogP contribution in [0.5, 0.6) is 23.0 Å². The van der Waals surface area contributed by atoms with Crippen LogP contribution in [0.15, 0.2) is 72.8 Å². The monoisotopic (exact) mass is 672 g/mol. The molecule has 0 radical (unpaired) electrons. The van der Waals surface area contributed by atoms with Gasteiger partial charge in [-0.3, -0.25) is 0 Å². The van der Waals surface area contributed by atoms with Crippen LogP contribution >= 0.6 is 0 Å². The first kappa shape index (κ1) is 33.8. The van der Waals surface area contributed by atoms with Crippen LogP contribution in [0.4, 0.5) is 0 Å². The van der Waals surface area contributed by atoms with Crippen molar-refractivity contribution in [2.45, 2.75) is 55.4 Å². The first-order valence-electron chi connectivity index (χ1n) is 11.8. The quantitative estimate of drug-likeness (QED) is 0.153. The molecule has 4 nitrogen and oxygen atoms in total. The normalized spacial score (nSPS) is 9.30. The molecule has 0 aliphatic carbocycles. The molecule has 198 valence electrons. The van der Waals surface area contributed by atoms with Gasteiger partial charge in [-0.25, -0.2) is 0 Å². The Morgan fingerprint density at radius 2 is 0.378 bits per heavy atom. The fraction of sp³-hybridized carbons (Fsp3) is 0.250. The number of phenols is 4. The minimum absolute atomic E-state index is 0. The van der Waals surface area contributed by atoms with Gasteiger partial charge >= 0.3 is 0 Å². The van der Waals surface area contributed by atoms with E-state index in [-0.39, 0.29) is 21.1 Å². The van der Waals surface area contributed by atoms with E-state index in [0.29, 0.717) is 23.0 Å². The molecular weight excluding hydrogens is 632 g/mol. The van der Waals surface area contributed by atoms with Crippen molar-refractivity contribution in [1.29, 1.82) is 0 Å². The number of aromatic hydroxyl groups is 4. The van der Waals surface area contributed by atoms with E-state index in [0.717, 1.165) is 44.5 Å². The molecule has 4 aromatic carbocycles. The summed E-state index contributed by atoms with van der Waals surface area (Å²) >= 11 is 0. The van der Waals surface area contributed by atoms with E-state index in [2.05, 4.69) is 0 Å². The third-order valence-electron chi connectivity index (χ3n) is 4.83. The van der Waals surface area contributed by atoms with Crippen molar-refractivity contribution in [1.82, 2.24) is 0 Å². The van der Waals surface area contributed by atoms with Gasteiger partial charge in [0.25, 0.3) is 0 Å². The topological polar surface area (TPSA) is 80.9 Å². The molecule has 4 N–H and O–H groups in total. The zero-order valence-corrected chi connectivity index (χ0v) is 26.1. The Morgan fingerprint density at radius 3 is 0.459 bits per heavy atom. The Bertz CT molecular complexity index is 866. The maximum absolute atomic E-state index is 8.99. The predicted octanol–water partition coefficient (Wildman–Crippen LogP) is 8.03. The predicted molar refractivity (Wildman–Crippen MR) is 150 cm³/mol. The van der Waals surface area contributed by atoms with E-state index < -0.39 is 0 Å². The van der Waals surface area contributed by atoms with Crippen molar-refractivity contribution in [3.05, 3.63) is 117 Å². The average Bonchev–Trinajstić information content (AvgIpc) is 2.64. The second-order valence-corrected chi connectivity index (χ2v) is 9.38. The number of aryl methyl sites for hydroxylation is 8.